The highest BCUT2D eigenvalue weighted by atomic mass is 16.5. The Hall–Kier alpha value is -4.84. The number of amides is 1. The van der Waals surface area contributed by atoms with Crippen molar-refractivity contribution >= 4 is 22.8 Å². The highest BCUT2D eigenvalue weighted by molar-refractivity contribution is 6.11. The predicted molar refractivity (Wildman–Crippen MR) is 151 cm³/mol. The summed E-state index contributed by atoms with van der Waals surface area (Å²) in [6.45, 7) is 2.22. The predicted octanol–water partition coefficient (Wildman–Crippen LogP) is 7.16. The average molecular weight is 517 g/mol. The van der Waals surface area contributed by atoms with Crippen molar-refractivity contribution < 1.29 is 19.1 Å². The molecule has 39 heavy (non-hydrogen) atoms. The van der Waals surface area contributed by atoms with Crippen LogP contribution in [0.5, 0.6) is 5.75 Å². The molecule has 6 nitrogen and oxygen atoms in total. The van der Waals surface area contributed by atoms with Gasteiger partial charge in [0, 0.05) is 28.7 Å². The lowest BCUT2D eigenvalue weighted by Crippen LogP contribution is -2.45. The maximum atomic E-state index is 14.0. The summed E-state index contributed by atoms with van der Waals surface area (Å²) >= 11 is 0. The Labute approximate surface area is 226 Å². The minimum atomic E-state index is -0.783. The van der Waals surface area contributed by atoms with E-state index in [2.05, 4.69) is 4.98 Å². The van der Waals surface area contributed by atoms with E-state index in [1.54, 1.807) is 18.0 Å². The van der Waals surface area contributed by atoms with Gasteiger partial charge in [0.1, 0.15) is 12.4 Å². The average Bonchev–Trinajstić information content (AvgIpc) is 3.55. The molecule has 0 spiro atoms. The van der Waals surface area contributed by atoms with Crippen molar-refractivity contribution in [3.05, 3.63) is 126 Å². The number of hydrogen-bond donors (Lipinski definition) is 1. The molecule has 0 fully saturated rings. The molecular formula is C33H28N2O4. The Bertz CT molecular complexity index is 1630. The maximum absolute atomic E-state index is 14.0. The number of nitrogens with zero attached hydrogens (tertiary/aromatic N) is 1. The molecule has 6 heteroatoms. The second-order valence-corrected chi connectivity index (χ2v) is 9.68. The summed E-state index contributed by atoms with van der Waals surface area (Å²) in [7, 11) is 1.35. The Balaban J connectivity index is 1.31. The van der Waals surface area contributed by atoms with Crippen LogP contribution in [0.15, 0.2) is 103 Å². The van der Waals surface area contributed by atoms with E-state index < -0.39 is 18.2 Å². The molecule has 4 aromatic carbocycles. The molecule has 1 aromatic heterocycles. The lowest BCUT2D eigenvalue weighted by Gasteiger charge is -2.33. The molecule has 5 aromatic rings. The zero-order valence-electron chi connectivity index (χ0n) is 21.8. The third-order valence-electron chi connectivity index (χ3n) is 7.43. The molecule has 1 heterocycles. The summed E-state index contributed by atoms with van der Waals surface area (Å²) in [6.07, 6.45) is 1.15. The summed E-state index contributed by atoms with van der Waals surface area (Å²) in [6, 6.07) is 30.4. The molecule has 0 bridgehead atoms. The number of methoxy groups -OCH3 is 1. The van der Waals surface area contributed by atoms with Crippen LogP contribution in [0.25, 0.3) is 22.0 Å². The lowest BCUT2D eigenvalue weighted by molar-refractivity contribution is 0.0707. The summed E-state index contributed by atoms with van der Waals surface area (Å²) in [4.78, 5) is 32.0. The Morgan fingerprint density at radius 1 is 0.872 bits per heavy atom. The van der Waals surface area contributed by atoms with Gasteiger partial charge in [-0.15, -0.1) is 0 Å². The van der Waals surface area contributed by atoms with Gasteiger partial charge in [0.2, 0.25) is 0 Å². The smallest absolute Gasteiger partial charge is 0.410 e. The van der Waals surface area contributed by atoms with E-state index >= 15 is 0 Å². The van der Waals surface area contributed by atoms with Gasteiger partial charge in [-0.2, -0.15) is 0 Å². The number of fused-ring (bicyclic) bond motifs is 4. The Morgan fingerprint density at radius 3 is 2.18 bits per heavy atom. The molecule has 1 amide bonds. The fraction of sp³-hybridized carbons (Fsp3) is 0.152. The van der Waals surface area contributed by atoms with Crippen LogP contribution in [0, 0.1) is 0 Å². The van der Waals surface area contributed by atoms with Crippen LogP contribution in [0.4, 0.5) is 4.79 Å². The molecule has 0 unspecified atom stereocenters. The highest BCUT2D eigenvalue weighted by Gasteiger charge is 2.40. The van der Waals surface area contributed by atoms with Crippen LogP contribution in [0.2, 0.25) is 0 Å². The van der Waals surface area contributed by atoms with Crippen LogP contribution >= 0.6 is 0 Å². The number of ether oxygens (including phenoxy) is 2. The minimum Gasteiger partial charge on any atom is -0.489 e. The van der Waals surface area contributed by atoms with E-state index in [0.717, 1.165) is 38.7 Å². The Morgan fingerprint density at radius 2 is 1.51 bits per heavy atom. The standard InChI is InChI=1S/C33H28N2O4/c1-21(35(33(37)38-2)31-27-14-8-6-12-24(27)25-13-7-9-15-28(25)31)32(36)29-19-34-30-18-23(16-17-26(29)30)39-20-22-10-4-3-5-11-22/h3-19,21,31,34H,20H2,1-2H3/t21-/m1/s1. The lowest BCUT2D eigenvalue weighted by atomic mass is 9.98. The first-order valence-electron chi connectivity index (χ1n) is 12.9. The number of rotatable bonds is 7. The fourth-order valence-electron chi connectivity index (χ4n) is 5.51. The van der Waals surface area contributed by atoms with E-state index in [0.29, 0.717) is 17.9 Å². The summed E-state index contributed by atoms with van der Waals surface area (Å²) in [5.41, 5.74) is 6.44. The van der Waals surface area contributed by atoms with E-state index in [-0.39, 0.29) is 5.78 Å². The maximum Gasteiger partial charge on any atom is 0.410 e. The van der Waals surface area contributed by atoms with Gasteiger partial charge < -0.3 is 14.5 Å². The second-order valence-electron chi connectivity index (χ2n) is 9.68. The van der Waals surface area contributed by atoms with Crippen LogP contribution in [-0.4, -0.2) is 34.9 Å². The molecule has 0 saturated heterocycles. The summed E-state index contributed by atoms with van der Waals surface area (Å²) in [5.74, 6) is 0.530. The van der Waals surface area contributed by atoms with E-state index in [4.69, 9.17) is 9.47 Å². The van der Waals surface area contributed by atoms with Gasteiger partial charge in [0.25, 0.3) is 0 Å². The van der Waals surface area contributed by atoms with Crippen molar-refractivity contribution in [2.75, 3.05) is 7.11 Å². The molecule has 1 aliphatic rings. The largest absolute Gasteiger partial charge is 0.489 e. The van der Waals surface area contributed by atoms with E-state index in [1.807, 2.05) is 97.1 Å². The number of nitrogens with one attached hydrogen (secondary N) is 1. The molecule has 6 rings (SSSR count). The molecular weight excluding hydrogens is 488 g/mol. The van der Waals surface area contributed by atoms with Crippen LogP contribution in [0.3, 0.4) is 0 Å². The molecule has 194 valence electrons. The third-order valence-corrected chi connectivity index (χ3v) is 7.43. The third kappa shape index (κ3) is 4.34. The van der Waals surface area contributed by atoms with Crippen molar-refractivity contribution in [1.29, 1.82) is 0 Å². The van der Waals surface area contributed by atoms with E-state index in [1.165, 1.54) is 7.11 Å². The quantitative estimate of drug-likeness (QED) is 0.233. The monoisotopic (exact) mass is 516 g/mol. The number of benzene rings is 4. The normalized spacial score (nSPS) is 13.0. The van der Waals surface area contributed by atoms with Crippen LogP contribution < -0.4 is 4.74 Å². The van der Waals surface area contributed by atoms with Gasteiger partial charge in [-0.3, -0.25) is 9.69 Å². The number of aromatic nitrogens is 1. The zero-order chi connectivity index (χ0) is 26.9. The van der Waals surface area contributed by atoms with Gasteiger partial charge in [0.05, 0.1) is 19.2 Å². The number of hydrogen-bond acceptors (Lipinski definition) is 4. The van der Waals surface area contributed by atoms with Crippen molar-refractivity contribution in [3.8, 4) is 16.9 Å². The first kappa shape index (κ1) is 24.5. The van der Waals surface area contributed by atoms with Gasteiger partial charge in [0.15, 0.2) is 5.78 Å². The summed E-state index contributed by atoms with van der Waals surface area (Å²) in [5, 5.41) is 0.774. The summed E-state index contributed by atoms with van der Waals surface area (Å²) < 4.78 is 11.2. The first-order chi connectivity index (χ1) is 19.1. The number of H-pyrrole nitrogens is 1. The van der Waals surface area contributed by atoms with Crippen molar-refractivity contribution in [1.82, 2.24) is 9.88 Å². The van der Waals surface area contributed by atoms with Crippen molar-refractivity contribution in [2.24, 2.45) is 0 Å². The first-order valence-corrected chi connectivity index (χ1v) is 12.9. The number of carbonyl (C=O) groups excluding carboxylic acids is 2. The number of aromatic amines is 1. The zero-order valence-corrected chi connectivity index (χ0v) is 21.8. The van der Waals surface area contributed by atoms with Gasteiger partial charge in [-0.25, -0.2) is 4.79 Å². The number of ketones is 1. The molecule has 1 N–H and O–H groups in total. The fourth-order valence-corrected chi connectivity index (χ4v) is 5.51. The van der Waals surface area contributed by atoms with E-state index in [9.17, 15) is 9.59 Å². The topological polar surface area (TPSA) is 71.6 Å². The number of carbonyl (C=O) groups is 2. The van der Waals surface area contributed by atoms with Crippen LogP contribution in [0.1, 0.15) is 40.0 Å². The molecule has 0 aliphatic heterocycles. The molecule has 1 atom stereocenters. The molecule has 0 radical (unpaired) electrons. The highest BCUT2D eigenvalue weighted by Crippen LogP contribution is 2.47. The SMILES string of the molecule is COC(=O)N(C1c2ccccc2-c2ccccc21)[C@H](C)C(=O)c1c[nH]c2cc(OCc3ccccc3)ccc12. The van der Waals surface area contributed by atoms with Gasteiger partial charge in [-0.05, 0) is 46.9 Å². The molecule has 1 aliphatic carbocycles. The van der Waals surface area contributed by atoms with Gasteiger partial charge >= 0.3 is 6.09 Å². The van der Waals surface area contributed by atoms with Crippen molar-refractivity contribution in [2.45, 2.75) is 25.6 Å². The minimum absolute atomic E-state index is 0.175. The molecule has 0 saturated carbocycles. The number of Topliss-reactive ketones (excluding diaryl/α,β-unsaturated/α-hetero) is 1. The van der Waals surface area contributed by atoms with Crippen molar-refractivity contribution in [3.63, 3.8) is 0 Å². The second kappa shape index (κ2) is 10.1. The van der Waals surface area contributed by atoms with Crippen LogP contribution in [-0.2, 0) is 11.3 Å². The Kier molecular flexibility index (Phi) is 6.37. The van der Waals surface area contributed by atoms with Gasteiger partial charge in [-0.1, -0.05) is 78.9 Å².